The first-order valence-corrected chi connectivity index (χ1v) is 11.4. The van der Waals surface area contributed by atoms with E-state index in [0.29, 0.717) is 24.5 Å². The number of methoxy groups -OCH3 is 1. The van der Waals surface area contributed by atoms with E-state index < -0.39 is 12.1 Å². The van der Waals surface area contributed by atoms with Gasteiger partial charge in [-0.25, -0.2) is 4.79 Å². The van der Waals surface area contributed by atoms with E-state index in [-0.39, 0.29) is 11.7 Å². The van der Waals surface area contributed by atoms with Gasteiger partial charge in [0.25, 0.3) is 0 Å². The minimum Gasteiger partial charge on any atom is -0.494 e. The molecule has 38 heavy (non-hydrogen) atoms. The Balaban J connectivity index is 0.000000505. The fraction of sp³-hybridized carbons (Fsp3) is 0.375. The number of nitrogens with zero attached hydrogens (tertiary/aromatic N) is 7. The molecular weight excluding hydrogens is 505 g/mol. The molecule has 11 nitrogen and oxygen atoms in total. The molecule has 14 heteroatoms. The van der Waals surface area contributed by atoms with Crippen LogP contribution >= 0.6 is 0 Å². The minimum atomic E-state index is -5.08. The number of alkyl halides is 3. The number of carboxylic acids is 1. The standard InChI is InChI=1S/C22H24N8O.C2HF3O2/c1-4-5-12-22(26-27-22)13-15-24-20(19-16(2)9-8-14-23-19)21-25-28-29-30(21)17-10-6-7-11-18(17)31-3;3-2(4,5)1(6)7/h1,6-11,14,20,24H,5,12-13,15H2,2-3H3;(H,6,7). The van der Waals surface area contributed by atoms with Crippen molar-refractivity contribution >= 4 is 5.97 Å². The van der Waals surface area contributed by atoms with Gasteiger partial charge in [-0.05, 0) is 41.1 Å². The number of para-hydroxylation sites is 2. The summed E-state index contributed by atoms with van der Waals surface area (Å²) in [7, 11) is 1.62. The smallest absolute Gasteiger partial charge is 0.490 e. The number of pyridine rings is 1. The largest absolute Gasteiger partial charge is 0.494 e. The van der Waals surface area contributed by atoms with Gasteiger partial charge in [0.05, 0.1) is 12.8 Å². The highest BCUT2D eigenvalue weighted by molar-refractivity contribution is 5.73. The lowest BCUT2D eigenvalue weighted by Gasteiger charge is -2.20. The molecule has 0 bridgehead atoms. The zero-order valence-electron chi connectivity index (χ0n) is 20.6. The highest BCUT2D eigenvalue weighted by Gasteiger charge is 2.39. The van der Waals surface area contributed by atoms with Crippen LogP contribution in [0.5, 0.6) is 5.75 Å². The van der Waals surface area contributed by atoms with E-state index in [0.717, 1.165) is 29.8 Å². The average molecular weight is 531 g/mol. The summed E-state index contributed by atoms with van der Waals surface area (Å²) in [6.45, 7) is 2.67. The first-order valence-electron chi connectivity index (χ1n) is 11.4. The van der Waals surface area contributed by atoms with Crippen LogP contribution in [0.4, 0.5) is 13.2 Å². The third-order valence-corrected chi connectivity index (χ3v) is 5.56. The Morgan fingerprint density at radius 2 is 1.95 bits per heavy atom. The van der Waals surface area contributed by atoms with Crippen LogP contribution in [0.15, 0.2) is 52.8 Å². The number of tetrazole rings is 1. The second-order valence-corrected chi connectivity index (χ2v) is 8.15. The van der Waals surface area contributed by atoms with Gasteiger partial charge in [0, 0.05) is 32.0 Å². The number of aliphatic carboxylic acids is 1. The Bertz CT molecular complexity index is 1310. The summed E-state index contributed by atoms with van der Waals surface area (Å²) in [5, 5.41) is 31.6. The monoisotopic (exact) mass is 530 g/mol. The highest BCUT2D eigenvalue weighted by Crippen LogP contribution is 2.36. The summed E-state index contributed by atoms with van der Waals surface area (Å²) < 4.78 is 38.9. The molecule has 0 spiro atoms. The molecule has 1 aromatic carbocycles. The lowest BCUT2D eigenvalue weighted by atomic mass is 10.0. The van der Waals surface area contributed by atoms with Gasteiger partial charge in [0.1, 0.15) is 17.5 Å². The maximum Gasteiger partial charge on any atom is 0.490 e. The number of nitrogens with one attached hydrogen (secondary N) is 1. The molecule has 0 saturated carbocycles. The average Bonchev–Trinajstić information content (AvgIpc) is 3.50. The number of halogens is 3. The van der Waals surface area contributed by atoms with Gasteiger partial charge in [-0.1, -0.05) is 18.2 Å². The first kappa shape index (κ1) is 28.2. The molecule has 1 unspecified atom stereocenters. The molecule has 3 aromatic rings. The van der Waals surface area contributed by atoms with Gasteiger partial charge in [-0.2, -0.15) is 28.1 Å². The fourth-order valence-electron chi connectivity index (χ4n) is 3.55. The van der Waals surface area contributed by atoms with Crippen LogP contribution in [-0.2, 0) is 4.79 Å². The van der Waals surface area contributed by atoms with E-state index in [2.05, 4.69) is 42.0 Å². The van der Waals surface area contributed by atoms with Gasteiger partial charge in [-0.15, -0.1) is 17.4 Å². The van der Waals surface area contributed by atoms with Crippen molar-refractivity contribution in [3.63, 3.8) is 0 Å². The van der Waals surface area contributed by atoms with Crippen LogP contribution in [0, 0.1) is 19.3 Å². The van der Waals surface area contributed by atoms with Gasteiger partial charge in [0.15, 0.2) is 11.5 Å². The van der Waals surface area contributed by atoms with Crippen molar-refractivity contribution in [3.8, 4) is 23.8 Å². The van der Waals surface area contributed by atoms with Crippen molar-refractivity contribution < 1.29 is 27.8 Å². The number of hydrogen-bond donors (Lipinski definition) is 2. The van der Waals surface area contributed by atoms with Crippen LogP contribution < -0.4 is 10.1 Å². The van der Waals surface area contributed by atoms with Gasteiger partial charge < -0.3 is 15.2 Å². The van der Waals surface area contributed by atoms with E-state index in [1.54, 1.807) is 18.0 Å². The maximum absolute atomic E-state index is 10.6. The molecule has 0 fully saturated rings. The van der Waals surface area contributed by atoms with Crippen LogP contribution in [-0.4, -0.2) is 61.8 Å². The van der Waals surface area contributed by atoms with Crippen LogP contribution in [0.1, 0.15) is 42.4 Å². The normalized spacial score (nSPS) is 14.1. The number of hydrogen-bond acceptors (Lipinski definition) is 9. The molecule has 3 heterocycles. The minimum absolute atomic E-state index is 0.329. The lowest BCUT2D eigenvalue weighted by molar-refractivity contribution is -0.192. The molecule has 0 amide bonds. The first-order chi connectivity index (χ1) is 18.1. The molecule has 1 aliphatic heterocycles. The second kappa shape index (κ2) is 12.2. The molecule has 1 aliphatic rings. The van der Waals surface area contributed by atoms with Crippen molar-refractivity contribution in [1.29, 1.82) is 0 Å². The van der Waals surface area contributed by atoms with Crippen LogP contribution in [0.25, 0.3) is 5.69 Å². The number of carboxylic acid groups (broad SMARTS) is 1. The second-order valence-electron chi connectivity index (χ2n) is 8.15. The molecule has 0 saturated heterocycles. The Labute approximate surface area is 216 Å². The third kappa shape index (κ3) is 7.10. The zero-order valence-corrected chi connectivity index (χ0v) is 20.6. The van der Waals surface area contributed by atoms with E-state index >= 15 is 0 Å². The van der Waals surface area contributed by atoms with E-state index in [1.807, 2.05) is 43.3 Å². The Morgan fingerprint density at radius 3 is 2.55 bits per heavy atom. The lowest BCUT2D eigenvalue weighted by Crippen LogP contribution is -2.30. The van der Waals surface area contributed by atoms with Gasteiger partial charge in [-0.3, -0.25) is 4.98 Å². The van der Waals surface area contributed by atoms with Gasteiger partial charge >= 0.3 is 12.1 Å². The van der Waals surface area contributed by atoms with Crippen molar-refractivity contribution in [2.75, 3.05) is 13.7 Å². The van der Waals surface area contributed by atoms with Crippen molar-refractivity contribution in [2.24, 2.45) is 10.2 Å². The van der Waals surface area contributed by atoms with E-state index in [9.17, 15) is 13.2 Å². The Hall–Kier alpha value is -4.38. The van der Waals surface area contributed by atoms with Crippen molar-refractivity contribution in [2.45, 2.75) is 44.1 Å². The Kier molecular flexibility index (Phi) is 9.08. The third-order valence-electron chi connectivity index (χ3n) is 5.56. The molecule has 4 rings (SSSR count). The predicted octanol–water partition coefficient (Wildman–Crippen LogP) is 3.65. The summed E-state index contributed by atoms with van der Waals surface area (Å²) in [5.41, 5.74) is 2.29. The van der Waals surface area contributed by atoms with E-state index in [1.165, 1.54) is 0 Å². The Morgan fingerprint density at radius 1 is 1.24 bits per heavy atom. The zero-order chi connectivity index (χ0) is 27.8. The van der Waals surface area contributed by atoms with Crippen LogP contribution in [0.2, 0.25) is 0 Å². The molecule has 1 atom stereocenters. The molecule has 2 N–H and O–H groups in total. The van der Waals surface area contributed by atoms with Crippen molar-refractivity contribution in [1.82, 2.24) is 30.5 Å². The fourth-order valence-corrected chi connectivity index (χ4v) is 3.55. The highest BCUT2D eigenvalue weighted by atomic mass is 19.4. The summed E-state index contributed by atoms with van der Waals surface area (Å²) in [6, 6.07) is 11.2. The summed E-state index contributed by atoms with van der Waals surface area (Å²) in [4.78, 5) is 13.5. The topological polar surface area (TPSA) is 140 Å². The predicted molar refractivity (Wildman–Crippen MR) is 128 cm³/mol. The molecule has 200 valence electrons. The molecular formula is C24H25F3N8O3. The number of carbonyl (C=O) groups is 1. The maximum atomic E-state index is 10.6. The SMILES string of the molecule is C#CCCC1(CCNC(c2ncccc2C)c2nnnn2-c2ccccc2OC)N=N1.O=C(O)C(F)(F)F. The molecule has 0 aliphatic carbocycles. The number of aryl methyl sites for hydroxylation is 1. The molecule has 0 radical (unpaired) electrons. The van der Waals surface area contributed by atoms with Crippen LogP contribution in [0.3, 0.4) is 0 Å². The number of terminal acetylenes is 1. The number of ether oxygens (including phenoxy) is 1. The van der Waals surface area contributed by atoms with Gasteiger partial charge in [0.2, 0.25) is 0 Å². The summed E-state index contributed by atoms with van der Waals surface area (Å²) >= 11 is 0. The number of aromatic nitrogens is 5. The molecule has 2 aromatic heterocycles. The quantitative estimate of drug-likeness (QED) is 0.379. The number of benzene rings is 1. The summed E-state index contributed by atoms with van der Waals surface area (Å²) in [6.07, 6.45) is 4.25. The summed E-state index contributed by atoms with van der Waals surface area (Å²) in [5.74, 6) is 1.20. The van der Waals surface area contributed by atoms with Crippen molar-refractivity contribution in [3.05, 3.63) is 59.7 Å². The number of rotatable bonds is 10. The van der Waals surface area contributed by atoms with E-state index in [4.69, 9.17) is 21.1 Å².